The summed E-state index contributed by atoms with van der Waals surface area (Å²) in [4.78, 5) is 25.8. The molecule has 5 nitrogen and oxygen atoms in total. The highest BCUT2D eigenvalue weighted by Crippen LogP contribution is 2.44. The Bertz CT molecular complexity index is 692. The number of piperidine rings is 1. The number of benzene rings is 1. The van der Waals surface area contributed by atoms with Gasteiger partial charge in [0.1, 0.15) is 11.6 Å². The van der Waals surface area contributed by atoms with Gasteiger partial charge in [0.2, 0.25) is 5.91 Å². The van der Waals surface area contributed by atoms with Crippen LogP contribution in [0.3, 0.4) is 0 Å². The molecule has 25 heavy (non-hydrogen) atoms. The number of carbonyl (C=O) groups is 2. The molecule has 0 aromatic heterocycles. The molecule has 0 bridgehead atoms. The molecular formula is C18H21F2NO4. The highest BCUT2D eigenvalue weighted by molar-refractivity contribution is 5.89. The number of hydrogen-bond donors (Lipinski definition) is 2. The van der Waals surface area contributed by atoms with Crippen molar-refractivity contribution in [2.24, 2.45) is 0 Å². The van der Waals surface area contributed by atoms with Crippen molar-refractivity contribution in [3.05, 3.63) is 35.4 Å². The van der Waals surface area contributed by atoms with Crippen LogP contribution in [0.1, 0.15) is 44.1 Å². The Hall–Kier alpha value is -2.02. The monoisotopic (exact) mass is 353 g/mol. The lowest BCUT2D eigenvalue weighted by Gasteiger charge is -2.40. The average Bonchev–Trinajstić information content (AvgIpc) is 3.05. The molecule has 2 fully saturated rings. The normalized spacial score (nSPS) is 22.0. The minimum atomic E-state index is -1.82. The third-order valence-corrected chi connectivity index (χ3v) is 5.59. The van der Waals surface area contributed by atoms with Crippen LogP contribution in [0.2, 0.25) is 0 Å². The van der Waals surface area contributed by atoms with Crippen LogP contribution in [-0.2, 0) is 15.0 Å². The lowest BCUT2D eigenvalue weighted by Crippen LogP contribution is -2.54. The molecule has 3 rings (SSSR count). The van der Waals surface area contributed by atoms with Crippen LogP contribution in [0.4, 0.5) is 8.78 Å². The predicted octanol–water partition coefficient (Wildman–Crippen LogP) is 2.21. The molecule has 1 aromatic carbocycles. The van der Waals surface area contributed by atoms with Gasteiger partial charge in [-0.25, -0.2) is 13.6 Å². The zero-order valence-electron chi connectivity index (χ0n) is 13.8. The van der Waals surface area contributed by atoms with E-state index < -0.39 is 28.6 Å². The number of carboxylic acids is 1. The lowest BCUT2D eigenvalue weighted by atomic mass is 9.76. The summed E-state index contributed by atoms with van der Waals surface area (Å²) in [5.41, 5.74) is -2.65. The fourth-order valence-corrected chi connectivity index (χ4v) is 4.05. The van der Waals surface area contributed by atoms with Gasteiger partial charge in [-0.2, -0.15) is 0 Å². The number of nitrogens with zero attached hydrogens (tertiary/aromatic N) is 1. The van der Waals surface area contributed by atoms with Crippen LogP contribution in [-0.4, -0.2) is 45.7 Å². The second-order valence-corrected chi connectivity index (χ2v) is 7.04. The molecule has 0 atom stereocenters. The van der Waals surface area contributed by atoms with E-state index in [2.05, 4.69) is 0 Å². The van der Waals surface area contributed by atoms with Gasteiger partial charge >= 0.3 is 5.97 Å². The fourth-order valence-electron chi connectivity index (χ4n) is 4.05. The van der Waals surface area contributed by atoms with Crippen LogP contribution in [0, 0.1) is 11.6 Å². The highest BCUT2D eigenvalue weighted by atomic mass is 19.1. The molecule has 0 radical (unpaired) electrons. The van der Waals surface area contributed by atoms with Gasteiger partial charge in [0, 0.05) is 37.6 Å². The van der Waals surface area contributed by atoms with Crippen LogP contribution in [0.25, 0.3) is 0 Å². The summed E-state index contributed by atoms with van der Waals surface area (Å²) >= 11 is 0. The second-order valence-electron chi connectivity index (χ2n) is 7.04. The Morgan fingerprint density at radius 3 is 2.16 bits per heavy atom. The number of halogens is 2. The summed E-state index contributed by atoms with van der Waals surface area (Å²) in [5, 5.41) is 19.1. The number of amides is 1. The van der Waals surface area contributed by atoms with Gasteiger partial charge in [-0.1, -0.05) is 18.9 Å². The van der Waals surface area contributed by atoms with E-state index in [4.69, 9.17) is 5.11 Å². The standard InChI is InChI=1S/C18H21F2NO4/c19-12-3-4-13(14(20)11-12)17(5-1-2-6-17)15(22)21-9-7-18(25,8-10-21)16(23)24/h3-4,11,25H,1-2,5-10H2,(H,23,24). The first kappa shape index (κ1) is 17.8. The van der Waals surface area contributed by atoms with Crippen molar-refractivity contribution in [3.8, 4) is 0 Å². The van der Waals surface area contributed by atoms with E-state index in [0.717, 1.165) is 25.0 Å². The third-order valence-electron chi connectivity index (χ3n) is 5.59. The number of aliphatic carboxylic acids is 1. The maximum Gasteiger partial charge on any atom is 0.335 e. The van der Waals surface area contributed by atoms with Crippen molar-refractivity contribution in [1.82, 2.24) is 4.90 Å². The number of aliphatic hydroxyl groups is 1. The van der Waals surface area contributed by atoms with Gasteiger partial charge in [0.25, 0.3) is 0 Å². The molecule has 0 unspecified atom stereocenters. The second kappa shape index (κ2) is 6.37. The van der Waals surface area contributed by atoms with Gasteiger partial charge in [0.15, 0.2) is 5.60 Å². The number of carbonyl (C=O) groups excluding carboxylic acids is 1. The minimum absolute atomic E-state index is 0.0595. The Balaban J connectivity index is 1.87. The number of likely N-dealkylation sites (tertiary alicyclic amines) is 1. The summed E-state index contributed by atoms with van der Waals surface area (Å²) in [5.74, 6) is -2.97. The summed E-state index contributed by atoms with van der Waals surface area (Å²) in [7, 11) is 0. The molecule has 1 saturated heterocycles. The fraction of sp³-hybridized carbons (Fsp3) is 0.556. The van der Waals surface area contributed by atoms with E-state index in [-0.39, 0.29) is 37.4 Å². The van der Waals surface area contributed by atoms with E-state index in [1.54, 1.807) is 0 Å². The number of rotatable bonds is 3. The SMILES string of the molecule is O=C(O)C1(O)CCN(C(=O)C2(c3ccc(F)cc3F)CCCC2)CC1. The van der Waals surface area contributed by atoms with Crippen LogP contribution in [0.15, 0.2) is 18.2 Å². The third kappa shape index (κ3) is 3.01. The summed E-state index contributed by atoms with van der Waals surface area (Å²) in [6, 6.07) is 3.29. The molecule has 2 N–H and O–H groups in total. The van der Waals surface area contributed by atoms with E-state index in [9.17, 15) is 23.5 Å². The van der Waals surface area contributed by atoms with Crippen molar-refractivity contribution < 1.29 is 28.6 Å². The van der Waals surface area contributed by atoms with Gasteiger partial charge < -0.3 is 15.1 Å². The minimum Gasteiger partial charge on any atom is -0.479 e. The highest BCUT2D eigenvalue weighted by Gasteiger charge is 2.49. The topological polar surface area (TPSA) is 77.8 Å². The molecular weight excluding hydrogens is 332 g/mol. The maximum atomic E-state index is 14.4. The molecule has 7 heteroatoms. The quantitative estimate of drug-likeness (QED) is 0.873. The summed E-state index contributed by atoms with van der Waals surface area (Å²) in [6.07, 6.45) is 2.39. The predicted molar refractivity (Wildman–Crippen MR) is 84.9 cm³/mol. The zero-order valence-corrected chi connectivity index (χ0v) is 13.8. The first-order chi connectivity index (χ1) is 11.8. The van der Waals surface area contributed by atoms with Crippen molar-refractivity contribution in [2.45, 2.75) is 49.5 Å². The van der Waals surface area contributed by atoms with Gasteiger partial charge in [-0.3, -0.25) is 4.79 Å². The Morgan fingerprint density at radius 2 is 1.64 bits per heavy atom. The zero-order chi connectivity index (χ0) is 18.2. The van der Waals surface area contributed by atoms with Crippen LogP contribution < -0.4 is 0 Å². The van der Waals surface area contributed by atoms with Gasteiger partial charge in [-0.05, 0) is 18.9 Å². The molecule has 1 aliphatic heterocycles. The van der Waals surface area contributed by atoms with E-state index in [0.29, 0.717) is 12.8 Å². The molecule has 1 aromatic rings. The van der Waals surface area contributed by atoms with Gasteiger partial charge in [-0.15, -0.1) is 0 Å². The smallest absolute Gasteiger partial charge is 0.335 e. The summed E-state index contributed by atoms with van der Waals surface area (Å²) in [6.45, 7) is 0.207. The molecule has 2 aliphatic rings. The Labute approximate surface area is 144 Å². The average molecular weight is 353 g/mol. The lowest BCUT2D eigenvalue weighted by molar-refractivity contribution is -0.166. The number of hydrogen-bond acceptors (Lipinski definition) is 3. The van der Waals surface area contributed by atoms with Crippen molar-refractivity contribution in [1.29, 1.82) is 0 Å². The van der Waals surface area contributed by atoms with Crippen molar-refractivity contribution in [3.63, 3.8) is 0 Å². The van der Waals surface area contributed by atoms with Crippen molar-refractivity contribution >= 4 is 11.9 Å². The number of carboxylic acid groups (broad SMARTS) is 1. The summed E-state index contributed by atoms with van der Waals surface area (Å²) < 4.78 is 27.6. The molecule has 136 valence electrons. The van der Waals surface area contributed by atoms with E-state index >= 15 is 0 Å². The van der Waals surface area contributed by atoms with Gasteiger partial charge in [0.05, 0.1) is 5.41 Å². The largest absolute Gasteiger partial charge is 0.479 e. The van der Waals surface area contributed by atoms with Crippen LogP contribution >= 0.6 is 0 Å². The molecule has 1 aliphatic carbocycles. The van der Waals surface area contributed by atoms with E-state index in [1.165, 1.54) is 11.0 Å². The molecule has 1 saturated carbocycles. The molecule has 0 spiro atoms. The first-order valence-electron chi connectivity index (χ1n) is 8.49. The molecule has 1 heterocycles. The van der Waals surface area contributed by atoms with E-state index in [1.807, 2.05) is 0 Å². The maximum absolute atomic E-state index is 14.4. The Kier molecular flexibility index (Phi) is 4.53. The first-order valence-corrected chi connectivity index (χ1v) is 8.49. The van der Waals surface area contributed by atoms with Crippen molar-refractivity contribution in [2.75, 3.05) is 13.1 Å². The molecule has 1 amide bonds. The van der Waals surface area contributed by atoms with Crippen LogP contribution in [0.5, 0.6) is 0 Å². The Morgan fingerprint density at radius 1 is 1.04 bits per heavy atom.